The molecule has 0 spiro atoms. The summed E-state index contributed by atoms with van der Waals surface area (Å²) < 4.78 is 9.97. The number of aromatic nitrogens is 3. The molecular formula is C33H34N6O2. The van der Waals surface area contributed by atoms with Crippen molar-refractivity contribution in [2.24, 2.45) is 0 Å². The number of rotatable bonds is 6. The minimum atomic E-state index is -0.350. The molecule has 1 aliphatic heterocycles. The predicted molar refractivity (Wildman–Crippen MR) is 162 cm³/mol. The Morgan fingerprint density at radius 2 is 1.71 bits per heavy atom. The second kappa shape index (κ2) is 10.9. The van der Waals surface area contributed by atoms with Crippen molar-refractivity contribution in [3.63, 3.8) is 0 Å². The van der Waals surface area contributed by atoms with Crippen LogP contribution in [0.4, 0.5) is 16.2 Å². The van der Waals surface area contributed by atoms with Crippen LogP contribution in [0.1, 0.15) is 35.5 Å². The van der Waals surface area contributed by atoms with Gasteiger partial charge in [0.15, 0.2) is 0 Å². The summed E-state index contributed by atoms with van der Waals surface area (Å²) in [7, 11) is 4.05. The van der Waals surface area contributed by atoms with Gasteiger partial charge in [0, 0.05) is 31.5 Å². The smallest absolute Gasteiger partial charge is 0.323 e. The van der Waals surface area contributed by atoms with E-state index in [4.69, 9.17) is 9.84 Å². The van der Waals surface area contributed by atoms with Gasteiger partial charge >= 0.3 is 6.03 Å². The molecule has 0 saturated carbocycles. The number of carbonyl (C=O) groups excluding carboxylic acids is 1. The van der Waals surface area contributed by atoms with Gasteiger partial charge in [-0.25, -0.2) is 9.48 Å². The monoisotopic (exact) mass is 546 g/mol. The molecule has 3 aromatic carbocycles. The van der Waals surface area contributed by atoms with Crippen LogP contribution >= 0.6 is 0 Å². The van der Waals surface area contributed by atoms with Crippen molar-refractivity contribution in [3.05, 3.63) is 120 Å². The molecule has 208 valence electrons. The zero-order valence-corrected chi connectivity index (χ0v) is 23.8. The van der Waals surface area contributed by atoms with E-state index in [0.717, 1.165) is 39.7 Å². The molecule has 2 amide bonds. The number of ether oxygens (including phenoxy) is 1. The normalized spacial score (nSPS) is 14.1. The first kappa shape index (κ1) is 26.3. The summed E-state index contributed by atoms with van der Waals surface area (Å²) in [5.74, 6) is 1.58. The van der Waals surface area contributed by atoms with Gasteiger partial charge in [-0.05, 0) is 67.9 Å². The Bertz CT molecular complexity index is 1670. The Hall–Kier alpha value is -4.98. The highest BCUT2D eigenvalue weighted by atomic mass is 16.5. The van der Waals surface area contributed by atoms with E-state index in [9.17, 15) is 4.79 Å². The van der Waals surface area contributed by atoms with Gasteiger partial charge in [-0.3, -0.25) is 0 Å². The molecule has 0 saturated heterocycles. The van der Waals surface area contributed by atoms with E-state index in [0.29, 0.717) is 24.6 Å². The molecule has 1 N–H and O–H groups in total. The molecule has 0 radical (unpaired) electrons. The van der Waals surface area contributed by atoms with E-state index in [1.54, 1.807) is 0 Å². The quantitative estimate of drug-likeness (QED) is 0.262. The fourth-order valence-corrected chi connectivity index (χ4v) is 5.49. The molecular weight excluding hydrogens is 512 g/mol. The molecule has 5 aromatic rings. The van der Waals surface area contributed by atoms with Crippen LogP contribution in [0.15, 0.2) is 97.2 Å². The average Bonchev–Trinajstić information content (AvgIpc) is 3.55. The van der Waals surface area contributed by atoms with Gasteiger partial charge in [0.2, 0.25) is 0 Å². The molecule has 0 aliphatic carbocycles. The maximum atomic E-state index is 14.3. The molecule has 1 atom stereocenters. The van der Waals surface area contributed by atoms with Crippen molar-refractivity contribution in [2.75, 3.05) is 30.9 Å². The number of urea groups is 1. The highest BCUT2D eigenvalue weighted by Gasteiger charge is 2.36. The maximum Gasteiger partial charge on any atom is 0.323 e. The first-order chi connectivity index (χ1) is 20.0. The number of nitrogens with zero attached hydrogens (tertiary/aromatic N) is 5. The van der Waals surface area contributed by atoms with E-state index in [1.165, 1.54) is 0 Å². The molecule has 1 aliphatic rings. The fraction of sp³-hybridized carbons (Fsp3) is 0.212. The van der Waals surface area contributed by atoms with Crippen LogP contribution in [-0.4, -0.2) is 46.0 Å². The first-order valence-corrected chi connectivity index (χ1v) is 13.8. The molecule has 8 nitrogen and oxygen atoms in total. The van der Waals surface area contributed by atoms with Gasteiger partial charge in [0.25, 0.3) is 0 Å². The minimum absolute atomic E-state index is 0.216. The van der Waals surface area contributed by atoms with E-state index < -0.39 is 0 Å². The number of carbonyl (C=O) groups is 1. The van der Waals surface area contributed by atoms with Crippen molar-refractivity contribution in [1.29, 1.82) is 0 Å². The lowest BCUT2D eigenvalue weighted by atomic mass is 10.0. The summed E-state index contributed by atoms with van der Waals surface area (Å²) in [6.07, 6.45) is 2.06. The number of benzene rings is 3. The van der Waals surface area contributed by atoms with Crippen molar-refractivity contribution >= 4 is 17.4 Å². The molecule has 3 heterocycles. The van der Waals surface area contributed by atoms with E-state index in [-0.39, 0.29) is 12.1 Å². The molecule has 41 heavy (non-hydrogen) atoms. The van der Waals surface area contributed by atoms with Crippen LogP contribution in [0.5, 0.6) is 5.75 Å². The summed E-state index contributed by atoms with van der Waals surface area (Å²) in [5, 5.41) is 8.09. The Labute approximate surface area is 240 Å². The van der Waals surface area contributed by atoms with E-state index >= 15 is 0 Å². The molecule has 2 aromatic heterocycles. The number of hydrogen-bond donors (Lipinski definition) is 1. The molecule has 0 bridgehead atoms. The van der Waals surface area contributed by atoms with E-state index in [2.05, 4.69) is 51.3 Å². The Balaban J connectivity index is 1.51. The van der Waals surface area contributed by atoms with Gasteiger partial charge in [-0.2, -0.15) is 5.10 Å². The predicted octanol–water partition coefficient (Wildman–Crippen LogP) is 6.57. The van der Waals surface area contributed by atoms with E-state index in [1.807, 2.05) is 98.2 Å². The number of nitrogens with one attached hydrogen (secondary N) is 1. The molecule has 8 heteroatoms. The summed E-state index contributed by atoms with van der Waals surface area (Å²) in [4.78, 5) is 18.2. The van der Waals surface area contributed by atoms with Gasteiger partial charge in [-0.1, -0.05) is 42.5 Å². The van der Waals surface area contributed by atoms with Crippen LogP contribution in [0, 0.1) is 6.92 Å². The second-order valence-corrected chi connectivity index (χ2v) is 10.3. The standard InChI is InChI=1S/C33H34N6O2/c1-5-41-30-16-10-9-14-28(30)34-33(40)38-22-27-23(2)35-39(26-12-7-6-8-13-26)32(27)37-21-11-15-29(37)31(38)24-17-19-25(20-18-24)36(3)4/h6-21,31H,5,22H2,1-4H3,(H,34,40). The van der Waals surface area contributed by atoms with Crippen molar-refractivity contribution in [3.8, 4) is 17.3 Å². The fourth-order valence-electron chi connectivity index (χ4n) is 5.49. The number of fused-ring (bicyclic) bond motifs is 3. The van der Waals surface area contributed by atoms with Crippen LogP contribution in [0.25, 0.3) is 11.5 Å². The van der Waals surface area contributed by atoms with Crippen molar-refractivity contribution in [1.82, 2.24) is 19.2 Å². The average molecular weight is 547 g/mol. The van der Waals surface area contributed by atoms with Gasteiger partial charge in [0.05, 0.1) is 42.0 Å². The number of amides is 2. The van der Waals surface area contributed by atoms with Gasteiger partial charge in [0.1, 0.15) is 11.6 Å². The van der Waals surface area contributed by atoms with Gasteiger partial charge < -0.3 is 24.4 Å². The van der Waals surface area contributed by atoms with Crippen LogP contribution in [-0.2, 0) is 6.54 Å². The maximum absolute atomic E-state index is 14.3. The third kappa shape index (κ3) is 4.82. The topological polar surface area (TPSA) is 67.6 Å². The minimum Gasteiger partial charge on any atom is -0.492 e. The molecule has 6 rings (SSSR count). The Morgan fingerprint density at radius 3 is 2.44 bits per heavy atom. The highest BCUT2D eigenvalue weighted by Crippen LogP contribution is 2.39. The largest absolute Gasteiger partial charge is 0.492 e. The van der Waals surface area contributed by atoms with Crippen molar-refractivity contribution < 1.29 is 9.53 Å². The molecule has 0 fully saturated rings. The second-order valence-electron chi connectivity index (χ2n) is 10.3. The third-order valence-electron chi connectivity index (χ3n) is 7.50. The van der Waals surface area contributed by atoms with Crippen LogP contribution in [0.3, 0.4) is 0 Å². The van der Waals surface area contributed by atoms with Crippen LogP contribution in [0.2, 0.25) is 0 Å². The number of para-hydroxylation sites is 3. The Kier molecular flexibility index (Phi) is 6.97. The zero-order valence-electron chi connectivity index (χ0n) is 23.8. The van der Waals surface area contributed by atoms with Gasteiger partial charge in [-0.15, -0.1) is 0 Å². The lowest BCUT2D eigenvalue weighted by Crippen LogP contribution is -2.38. The van der Waals surface area contributed by atoms with Crippen LogP contribution < -0.4 is 15.0 Å². The lowest BCUT2D eigenvalue weighted by molar-refractivity contribution is 0.194. The Morgan fingerprint density at radius 1 is 0.976 bits per heavy atom. The lowest BCUT2D eigenvalue weighted by Gasteiger charge is -2.31. The summed E-state index contributed by atoms with van der Waals surface area (Å²) in [6.45, 7) is 4.82. The number of aryl methyl sites for hydroxylation is 1. The molecule has 1 unspecified atom stereocenters. The third-order valence-corrected chi connectivity index (χ3v) is 7.50. The highest BCUT2D eigenvalue weighted by molar-refractivity contribution is 5.91. The SMILES string of the molecule is CCOc1ccccc1NC(=O)N1Cc2c(C)nn(-c3ccccc3)c2-n2cccc2C1c1ccc(N(C)C)cc1. The number of anilines is 2. The summed E-state index contributed by atoms with van der Waals surface area (Å²) >= 11 is 0. The summed E-state index contributed by atoms with van der Waals surface area (Å²) in [5.41, 5.74) is 6.56. The summed E-state index contributed by atoms with van der Waals surface area (Å²) in [6, 6.07) is 29.6. The number of hydrogen-bond acceptors (Lipinski definition) is 4. The van der Waals surface area contributed by atoms with Crippen molar-refractivity contribution in [2.45, 2.75) is 26.4 Å². The first-order valence-electron chi connectivity index (χ1n) is 13.8. The zero-order chi connectivity index (χ0) is 28.5.